The number of ether oxygens (including phenoxy) is 1. The molecule has 0 aliphatic heterocycles. The number of likely N-dealkylation sites (N-methyl/N-ethyl adjacent to an activating group) is 1. The monoisotopic (exact) mass is 251 g/mol. The quantitative estimate of drug-likeness (QED) is 0.745. The van der Waals surface area contributed by atoms with Gasteiger partial charge in [0.1, 0.15) is 0 Å². The number of nitrogens with zero attached hydrogens (tertiary/aromatic N) is 1. The zero-order valence-corrected chi connectivity index (χ0v) is 11.1. The molecular weight excluding hydrogens is 230 g/mol. The highest BCUT2D eigenvalue weighted by molar-refractivity contribution is 5.94. The van der Waals surface area contributed by atoms with Crippen LogP contribution in [0.1, 0.15) is 6.92 Å². The van der Waals surface area contributed by atoms with Crippen LogP contribution in [0, 0.1) is 0 Å². The third kappa shape index (κ3) is 4.35. The Balaban J connectivity index is 2.54. The molecule has 0 aliphatic rings. The predicted molar refractivity (Wildman–Crippen MR) is 73.5 cm³/mol. The number of carbonyl (C=O) groups is 1. The SMILES string of the molecule is COCCN(C)C(C)C(=O)Nc1cccc(N)c1. The van der Waals surface area contributed by atoms with E-state index in [0.29, 0.717) is 24.5 Å². The molecule has 0 fully saturated rings. The van der Waals surface area contributed by atoms with Gasteiger partial charge in [0, 0.05) is 25.0 Å². The van der Waals surface area contributed by atoms with Crippen molar-refractivity contribution in [1.29, 1.82) is 0 Å². The van der Waals surface area contributed by atoms with Crippen LogP contribution in [0.15, 0.2) is 24.3 Å². The van der Waals surface area contributed by atoms with Gasteiger partial charge in [-0.25, -0.2) is 0 Å². The van der Waals surface area contributed by atoms with Crippen molar-refractivity contribution in [2.45, 2.75) is 13.0 Å². The normalized spacial score (nSPS) is 12.4. The first-order valence-corrected chi connectivity index (χ1v) is 5.90. The number of nitrogens with one attached hydrogen (secondary N) is 1. The Labute approximate surface area is 108 Å². The van der Waals surface area contributed by atoms with Crippen molar-refractivity contribution >= 4 is 17.3 Å². The van der Waals surface area contributed by atoms with Crippen LogP contribution in [0.4, 0.5) is 11.4 Å². The summed E-state index contributed by atoms with van der Waals surface area (Å²) >= 11 is 0. The van der Waals surface area contributed by atoms with Crippen molar-refractivity contribution in [2.24, 2.45) is 0 Å². The van der Waals surface area contributed by atoms with Gasteiger partial charge in [-0.05, 0) is 32.2 Å². The van der Waals surface area contributed by atoms with Crippen molar-refractivity contribution in [2.75, 3.05) is 38.4 Å². The number of nitrogens with two attached hydrogens (primary N) is 1. The Morgan fingerprint density at radius 3 is 2.89 bits per heavy atom. The smallest absolute Gasteiger partial charge is 0.241 e. The maximum atomic E-state index is 12.0. The number of nitrogen functional groups attached to an aromatic ring is 1. The molecule has 0 aromatic heterocycles. The summed E-state index contributed by atoms with van der Waals surface area (Å²) in [4.78, 5) is 13.9. The van der Waals surface area contributed by atoms with Gasteiger partial charge in [-0.1, -0.05) is 6.07 Å². The van der Waals surface area contributed by atoms with Crippen LogP contribution in [0.3, 0.4) is 0 Å². The summed E-state index contributed by atoms with van der Waals surface area (Å²) in [6.07, 6.45) is 0. The molecule has 1 aromatic rings. The minimum absolute atomic E-state index is 0.0563. The molecule has 0 spiro atoms. The molecule has 0 bridgehead atoms. The van der Waals surface area contributed by atoms with E-state index >= 15 is 0 Å². The van der Waals surface area contributed by atoms with Crippen LogP contribution in [-0.2, 0) is 9.53 Å². The van der Waals surface area contributed by atoms with Crippen molar-refractivity contribution in [3.63, 3.8) is 0 Å². The third-order valence-electron chi connectivity index (χ3n) is 2.84. The molecule has 5 heteroatoms. The third-order valence-corrected chi connectivity index (χ3v) is 2.84. The Hall–Kier alpha value is -1.59. The molecule has 1 aromatic carbocycles. The maximum absolute atomic E-state index is 12.0. The second kappa shape index (κ2) is 6.98. The Kier molecular flexibility index (Phi) is 5.61. The average Bonchev–Trinajstić information content (AvgIpc) is 2.35. The molecule has 3 N–H and O–H groups in total. The minimum atomic E-state index is -0.221. The fraction of sp³-hybridized carbons (Fsp3) is 0.462. The molecule has 100 valence electrons. The van der Waals surface area contributed by atoms with Gasteiger partial charge < -0.3 is 15.8 Å². The molecule has 0 saturated heterocycles. The summed E-state index contributed by atoms with van der Waals surface area (Å²) in [5, 5.41) is 2.84. The summed E-state index contributed by atoms with van der Waals surface area (Å²) < 4.78 is 4.99. The molecule has 0 radical (unpaired) electrons. The molecule has 1 atom stereocenters. The molecule has 18 heavy (non-hydrogen) atoms. The van der Waals surface area contributed by atoms with E-state index in [-0.39, 0.29) is 11.9 Å². The topological polar surface area (TPSA) is 67.6 Å². The largest absolute Gasteiger partial charge is 0.399 e. The zero-order valence-electron chi connectivity index (χ0n) is 11.1. The lowest BCUT2D eigenvalue weighted by atomic mass is 10.2. The molecule has 0 heterocycles. The lowest BCUT2D eigenvalue weighted by molar-refractivity contribution is -0.120. The van der Waals surface area contributed by atoms with E-state index < -0.39 is 0 Å². The second-order valence-corrected chi connectivity index (χ2v) is 4.26. The number of methoxy groups -OCH3 is 1. The van der Waals surface area contributed by atoms with E-state index in [1.165, 1.54) is 0 Å². The van der Waals surface area contributed by atoms with Crippen molar-refractivity contribution in [1.82, 2.24) is 4.90 Å². The van der Waals surface area contributed by atoms with Crippen LogP contribution in [-0.4, -0.2) is 44.2 Å². The van der Waals surface area contributed by atoms with Crippen LogP contribution in [0.25, 0.3) is 0 Å². The summed E-state index contributed by atoms with van der Waals surface area (Å²) in [6, 6.07) is 6.92. The summed E-state index contributed by atoms with van der Waals surface area (Å²) in [6.45, 7) is 3.17. The van der Waals surface area contributed by atoms with Crippen LogP contribution in [0.5, 0.6) is 0 Å². The lowest BCUT2D eigenvalue weighted by Gasteiger charge is -2.23. The highest BCUT2D eigenvalue weighted by Gasteiger charge is 2.17. The van der Waals surface area contributed by atoms with Crippen molar-refractivity contribution in [3.05, 3.63) is 24.3 Å². The fourth-order valence-corrected chi connectivity index (χ4v) is 1.49. The Bertz CT molecular complexity index is 396. The molecule has 0 saturated carbocycles. The standard InChI is InChI=1S/C13H21N3O2/c1-10(16(2)7-8-18-3)13(17)15-12-6-4-5-11(14)9-12/h4-6,9-10H,7-8,14H2,1-3H3,(H,15,17). The van der Waals surface area contributed by atoms with Crippen molar-refractivity contribution < 1.29 is 9.53 Å². The number of amides is 1. The van der Waals surface area contributed by atoms with E-state index in [2.05, 4.69) is 5.32 Å². The predicted octanol–water partition coefficient (Wildman–Crippen LogP) is 1.17. The first kappa shape index (κ1) is 14.5. The Morgan fingerprint density at radius 2 is 2.28 bits per heavy atom. The van der Waals surface area contributed by atoms with E-state index in [1.54, 1.807) is 19.2 Å². The van der Waals surface area contributed by atoms with E-state index in [4.69, 9.17) is 10.5 Å². The second-order valence-electron chi connectivity index (χ2n) is 4.26. The summed E-state index contributed by atoms with van der Waals surface area (Å²) in [7, 11) is 3.54. The van der Waals surface area contributed by atoms with E-state index in [1.807, 2.05) is 31.0 Å². The van der Waals surface area contributed by atoms with E-state index in [0.717, 1.165) is 0 Å². The zero-order chi connectivity index (χ0) is 13.5. The van der Waals surface area contributed by atoms with Crippen LogP contribution in [0.2, 0.25) is 0 Å². The maximum Gasteiger partial charge on any atom is 0.241 e. The van der Waals surface area contributed by atoms with Gasteiger partial charge in [0.2, 0.25) is 5.91 Å². The van der Waals surface area contributed by atoms with Gasteiger partial charge in [0.25, 0.3) is 0 Å². The fourth-order valence-electron chi connectivity index (χ4n) is 1.49. The number of benzene rings is 1. The first-order valence-electron chi connectivity index (χ1n) is 5.90. The minimum Gasteiger partial charge on any atom is -0.399 e. The number of carbonyl (C=O) groups excluding carboxylic acids is 1. The van der Waals surface area contributed by atoms with Crippen LogP contribution < -0.4 is 11.1 Å². The Morgan fingerprint density at radius 1 is 1.56 bits per heavy atom. The lowest BCUT2D eigenvalue weighted by Crippen LogP contribution is -2.41. The molecule has 5 nitrogen and oxygen atoms in total. The molecule has 1 unspecified atom stereocenters. The highest BCUT2D eigenvalue weighted by atomic mass is 16.5. The molecule has 1 amide bonds. The summed E-state index contributed by atoms with van der Waals surface area (Å²) in [5.74, 6) is -0.0563. The van der Waals surface area contributed by atoms with Gasteiger partial charge in [-0.3, -0.25) is 9.69 Å². The van der Waals surface area contributed by atoms with Gasteiger partial charge in [-0.2, -0.15) is 0 Å². The highest BCUT2D eigenvalue weighted by Crippen LogP contribution is 2.12. The number of hydrogen-bond acceptors (Lipinski definition) is 4. The van der Waals surface area contributed by atoms with Gasteiger partial charge in [0.15, 0.2) is 0 Å². The molecule has 0 aliphatic carbocycles. The van der Waals surface area contributed by atoms with Gasteiger partial charge in [-0.15, -0.1) is 0 Å². The molecule has 1 rings (SSSR count). The van der Waals surface area contributed by atoms with E-state index in [9.17, 15) is 4.79 Å². The van der Waals surface area contributed by atoms with Gasteiger partial charge in [0.05, 0.1) is 12.6 Å². The number of hydrogen-bond donors (Lipinski definition) is 2. The number of rotatable bonds is 6. The van der Waals surface area contributed by atoms with Gasteiger partial charge >= 0.3 is 0 Å². The van der Waals surface area contributed by atoms with Crippen LogP contribution >= 0.6 is 0 Å². The van der Waals surface area contributed by atoms with Crippen molar-refractivity contribution in [3.8, 4) is 0 Å². The average molecular weight is 251 g/mol. The first-order chi connectivity index (χ1) is 8.54. The number of anilines is 2. The summed E-state index contributed by atoms with van der Waals surface area (Å²) in [5.41, 5.74) is 7.01. The molecular formula is C13H21N3O2.